The molecule has 0 aliphatic rings. The van der Waals surface area contributed by atoms with Gasteiger partial charge in [0.25, 0.3) is 0 Å². The first-order valence-corrected chi connectivity index (χ1v) is 9.16. The van der Waals surface area contributed by atoms with Gasteiger partial charge < -0.3 is 20.9 Å². The molecule has 0 bridgehead atoms. The van der Waals surface area contributed by atoms with E-state index in [0.29, 0.717) is 11.4 Å². The van der Waals surface area contributed by atoms with Crippen molar-refractivity contribution in [2.45, 2.75) is 27.2 Å². The van der Waals surface area contributed by atoms with Crippen molar-refractivity contribution < 1.29 is 14.6 Å². The van der Waals surface area contributed by atoms with Crippen LogP contribution in [0.4, 0.5) is 5.69 Å². The first-order valence-electron chi connectivity index (χ1n) is 9.16. The van der Waals surface area contributed by atoms with Crippen LogP contribution in [0.5, 0.6) is 11.5 Å². The van der Waals surface area contributed by atoms with Crippen LogP contribution in [0, 0.1) is 6.92 Å². The summed E-state index contributed by atoms with van der Waals surface area (Å²) >= 11 is 0. The van der Waals surface area contributed by atoms with Gasteiger partial charge in [-0.1, -0.05) is 29.9 Å². The Bertz CT molecular complexity index is 910. The zero-order valence-electron chi connectivity index (χ0n) is 16.9. The molecule has 0 aromatic heterocycles. The maximum atomic E-state index is 11.5. The zero-order chi connectivity index (χ0) is 20.7. The van der Waals surface area contributed by atoms with Crippen LogP contribution in [-0.4, -0.2) is 24.7 Å². The Labute approximate surface area is 166 Å². The molecule has 148 valence electrons. The number of phenols is 1. The largest absolute Gasteiger partial charge is 0.508 e. The second-order valence-corrected chi connectivity index (χ2v) is 6.86. The van der Waals surface area contributed by atoms with E-state index in [2.05, 4.69) is 25.2 Å². The number of carbonyl (C=O) groups excluding carboxylic acids is 1. The lowest BCUT2D eigenvalue weighted by molar-refractivity contribution is -0.114. The zero-order valence-corrected chi connectivity index (χ0v) is 16.9. The van der Waals surface area contributed by atoms with Crippen molar-refractivity contribution in [1.82, 2.24) is 0 Å². The third-order valence-corrected chi connectivity index (χ3v) is 4.35. The lowest BCUT2D eigenvalue weighted by Crippen LogP contribution is -2.22. The smallest absolute Gasteiger partial charge is 0.238 e. The molecule has 0 heterocycles. The number of amides is 1. The number of aryl methyl sites for hydroxylation is 1. The second kappa shape index (κ2) is 9.76. The SMILES string of the molecule is COc1cc(/C=C/c2cc(O)cc(C)c2CC=C(C)C)ccc1NC(=O)CN. The highest BCUT2D eigenvalue weighted by atomic mass is 16.5. The maximum absolute atomic E-state index is 11.5. The highest BCUT2D eigenvalue weighted by molar-refractivity contribution is 5.93. The van der Waals surface area contributed by atoms with Gasteiger partial charge in [-0.15, -0.1) is 0 Å². The molecular weight excluding hydrogens is 352 g/mol. The molecule has 0 atom stereocenters. The fraction of sp³-hybridized carbons (Fsp3) is 0.261. The number of nitrogens with one attached hydrogen (secondary N) is 1. The molecule has 2 aromatic rings. The fourth-order valence-electron chi connectivity index (χ4n) is 2.86. The molecule has 2 aromatic carbocycles. The topological polar surface area (TPSA) is 84.6 Å². The van der Waals surface area contributed by atoms with Gasteiger partial charge in [0.15, 0.2) is 0 Å². The molecule has 0 aliphatic carbocycles. The van der Waals surface area contributed by atoms with Crippen LogP contribution in [0.15, 0.2) is 42.0 Å². The number of phenolic OH excluding ortho intramolecular Hbond substituents is 1. The number of anilines is 1. The van der Waals surface area contributed by atoms with Gasteiger partial charge in [-0.2, -0.15) is 0 Å². The average molecular weight is 380 g/mol. The number of rotatable bonds is 7. The monoisotopic (exact) mass is 380 g/mol. The molecule has 28 heavy (non-hydrogen) atoms. The van der Waals surface area contributed by atoms with Gasteiger partial charge in [-0.3, -0.25) is 4.79 Å². The minimum absolute atomic E-state index is 0.0872. The summed E-state index contributed by atoms with van der Waals surface area (Å²) in [6, 6.07) is 9.06. The Morgan fingerprint density at radius 3 is 2.61 bits per heavy atom. The molecule has 0 saturated carbocycles. The van der Waals surface area contributed by atoms with Crippen LogP contribution in [0.1, 0.15) is 36.1 Å². The van der Waals surface area contributed by atoms with Gasteiger partial charge in [0, 0.05) is 0 Å². The van der Waals surface area contributed by atoms with E-state index in [4.69, 9.17) is 10.5 Å². The molecule has 0 aliphatic heterocycles. The third kappa shape index (κ3) is 5.72. The summed E-state index contributed by atoms with van der Waals surface area (Å²) < 4.78 is 5.37. The minimum atomic E-state index is -0.277. The van der Waals surface area contributed by atoms with Crippen LogP contribution < -0.4 is 15.8 Å². The summed E-state index contributed by atoms with van der Waals surface area (Å²) in [5, 5.41) is 12.7. The van der Waals surface area contributed by atoms with Crippen molar-refractivity contribution in [3.63, 3.8) is 0 Å². The van der Waals surface area contributed by atoms with Crippen molar-refractivity contribution in [1.29, 1.82) is 0 Å². The number of allylic oxidation sites excluding steroid dienone is 2. The van der Waals surface area contributed by atoms with E-state index in [1.165, 1.54) is 11.1 Å². The van der Waals surface area contributed by atoms with Gasteiger partial charge in [-0.05, 0) is 73.7 Å². The lowest BCUT2D eigenvalue weighted by atomic mass is 9.96. The standard InChI is InChI=1S/C23H28N2O3/c1-15(2)5-9-20-16(3)11-19(26)13-18(20)8-6-17-7-10-21(22(12-17)28-4)25-23(27)14-24/h5-8,10-13,26H,9,14,24H2,1-4H3,(H,25,27)/b8-6+. The number of nitrogens with two attached hydrogens (primary N) is 1. The number of carbonyl (C=O) groups is 1. The Morgan fingerprint density at radius 2 is 1.96 bits per heavy atom. The van der Waals surface area contributed by atoms with Crippen LogP contribution in [0.2, 0.25) is 0 Å². The molecule has 1 amide bonds. The van der Waals surface area contributed by atoms with Crippen LogP contribution >= 0.6 is 0 Å². The van der Waals surface area contributed by atoms with Gasteiger partial charge >= 0.3 is 0 Å². The molecule has 0 saturated heterocycles. The lowest BCUT2D eigenvalue weighted by Gasteiger charge is -2.11. The van der Waals surface area contributed by atoms with Gasteiger partial charge in [0.05, 0.1) is 19.3 Å². The number of aromatic hydroxyl groups is 1. The number of ether oxygens (including phenoxy) is 1. The third-order valence-electron chi connectivity index (χ3n) is 4.35. The van der Waals surface area contributed by atoms with Crippen molar-refractivity contribution in [3.05, 3.63) is 64.2 Å². The molecule has 0 radical (unpaired) electrons. The van der Waals surface area contributed by atoms with Gasteiger partial charge in [0.1, 0.15) is 11.5 Å². The summed E-state index contributed by atoms with van der Waals surface area (Å²) in [6.45, 7) is 6.06. The Morgan fingerprint density at radius 1 is 1.21 bits per heavy atom. The highest BCUT2D eigenvalue weighted by Crippen LogP contribution is 2.28. The van der Waals surface area contributed by atoms with Crippen molar-refractivity contribution in [2.75, 3.05) is 19.0 Å². The molecular formula is C23H28N2O3. The Kier molecular flexibility index (Phi) is 7.41. The van der Waals surface area contributed by atoms with Crippen molar-refractivity contribution in [2.24, 2.45) is 5.73 Å². The number of hydrogen-bond donors (Lipinski definition) is 3. The van der Waals surface area contributed by atoms with Crippen LogP contribution in [0.3, 0.4) is 0 Å². The maximum Gasteiger partial charge on any atom is 0.238 e. The van der Waals surface area contributed by atoms with E-state index in [0.717, 1.165) is 23.1 Å². The van der Waals surface area contributed by atoms with E-state index in [-0.39, 0.29) is 18.2 Å². The van der Waals surface area contributed by atoms with Gasteiger partial charge in [0.2, 0.25) is 5.91 Å². The van der Waals surface area contributed by atoms with E-state index in [9.17, 15) is 9.90 Å². The number of methoxy groups -OCH3 is 1. The molecule has 0 unspecified atom stereocenters. The van der Waals surface area contributed by atoms with E-state index in [1.54, 1.807) is 25.3 Å². The normalized spacial score (nSPS) is 10.8. The fourth-order valence-corrected chi connectivity index (χ4v) is 2.86. The van der Waals surface area contributed by atoms with E-state index in [1.807, 2.05) is 31.2 Å². The highest BCUT2D eigenvalue weighted by Gasteiger charge is 2.08. The van der Waals surface area contributed by atoms with Crippen LogP contribution in [-0.2, 0) is 11.2 Å². The summed E-state index contributed by atoms with van der Waals surface area (Å²) in [7, 11) is 1.55. The Hall–Kier alpha value is -3.05. The Balaban J connectivity index is 2.35. The molecule has 5 nitrogen and oxygen atoms in total. The summed E-state index contributed by atoms with van der Waals surface area (Å²) in [5.74, 6) is 0.525. The number of benzene rings is 2. The first kappa shape index (κ1) is 21.3. The quantitative estimate of drug-likeness (QED) is 0.494. The van der Waals surface area contributed by atoms with Gasteiger partial charge in [-0.25, -0.2) is 0 Å². The van der Waals surface area contributed by atoms with E-state index >= 15 is 0 Å². The average Bonchev–Trinajstić information content (AvgIpc) is 2.65. The molecule has 4 N–H and O–H groups in total. The number of hydrogen-bond acceptors (Lipinski definition) is 4. The summed E-state index contributed by atoms with van der Waals surface area (Å²) in [4.78, 5) is 11.5. The predicted octanol–water partition coefficient (Wildman–Crippen LogP) is 4.29. The predicted molar refractivity (Wildman–Crippen MR) is 116 cm³/mol. The summed E-state index contributed by atoms with van der Waals surface area (Å²) in [6.07, 6.45) is 6.92. The van der Waals surface area contributed by atoms with Crippen molar-refractivity contribution in [3.8, 4) is 11.5 Å². The minimum Gasteiger partial charge on any atom is -0.508 e. The van der Waals surface area contributed by atoms with Crippen molar-refractivity contribution >= 4 is 23.7 Å². The summed E-state index contributed by atoms with van der Waals surface area (Å²) in [5.41, 5.74) is 11.3. The molecule has 2 rings (SSSR count). The first-order chi connectivity index (χ1) is 13.3. The molecule has 0 spiro atoms. The molecule has 0 fully saturated rings. The van der Waals surface area contributed by atoms with E-state index < -0.39 is 0 Å². The second-order valence-electron chi connectivity index (χ2n) is 6.86. The van der Waals surface area contributed by atoms with Crippen LogP contribution in [0.25, 0.3) is 12.2 Å². The molecule has 5 heteroatoms.